The second-order valence-electron chi connectivity index (χ2n) is 4.59. The predicted molar refractivity (Wildman–Crippen MR) is 83.8 cm³/mol. The monoisotopic (exact) mass is 318 g/mol. The van der Waals surface area contributed by atoms with Crippen LogP contribution < -0.4 is 0 Å². The average Bonchev–Trinajstić information content (AvgIpc) is 2.47. The van der Waals surface area contributed by atoms with Crippen molar-refractivity contribution in [3.63, 3.8) is 0 Å². The van der Waals surface area contributed by atoms with Crippen LogP contribution in [0.3, 0.4) is 0 Å². The van der Waals surface area contributed by atoms with Gasteiger partial charge in [0.25, 0.3) is 0 Å². The standard InChI is InChI=1S/C17H9Cl2FO/c18-15-8-7-13(11-3-1-2-4-12(11)15)17(21)14-6-5-10(20)9-16(14)19/h1-9H. The third-order valence-electron chi connectivity index (χ3n) is 3.29. The van der Waals surface area contributed by atoms with Crippen molar-refractivity contribution in [2.24, 2.45) is 0 Å². The molecule has 0 aliphatic rings. The van der Waals surface area contributed by atoms with Crippen molar-refractivity contribution in [3.05, 3.63) is 81.6 Å². The molecule has 0 fully saturated rings. The van der Waals surface area contributed by atoms with Gasteiger partial charge in [0.1, 0.15) is 5.82 Å². The van der Waals surface area contributed by atoms with Crippen LogP contribution >= 0.6 is 23.2 Å². The van der Waals surface area contributed by atoms with Gasteiger partial charge in [-0.3, -0.25) is 4.79 Å². The molecule has 104 valence electrons. The number of fused-ring (bicyclic) bond motifs is 1. The molecule has 0 amide bonds. The summed E-state index contributed by atoms with van der Waals surface area (Å²) < 4.78 is 13.1. The van der Waals surface area contributed by atoms with Crippen LogP contribution in [0, 0.1) is 5.82 Å². The summed E-state index contributed by atoms with van der Waals surface area (Å²) in [4.78, 5) is 12.7. The Balaban J connectivity index is 2.21. The van der Waals surface area contributed by atoms with Crippen molar-refractivity contribution in [2.75, 3.05) is 0 Å². The number of rotatable bonds is 2. The fraction of sp³-hybridized carbons (Fsp3) is 0. The van der Waals surface area contributed by atoms with E-state index in [1.807, 2.05) is 24.3 Å². The third-order valence-corrected chi connectivity index (χ3v) is 3.93. The molecular formula is C17H9Cl2FO. The minimum absolute atomic E-state index is 0.0963. The summed E-state index contributed by atoms with van der Waals surface area (Å²) >= 11 is 12.1. The highest BCUT2D eigenvalue weighted by Crippen LogP contribution is 2.29. The molecule has 3 aromatic rings. The lowest BCUT2D eigenvalue weighted by molar-refractivity contribution is 0.104. The number of benzene rings is 3. The Bertz CT molecular complexity index is 859. The van der Waals surface area contributed by atoms with Gasteiger partial charge in [-0.1, -0.05) is 47.5 Å². The van der Waals surface area contributed by atoms with E-state index in [1.165, 1.54) is 12.1 Å². The molecular weight excluding hydrogens is 310 g/mol. The zero-order valence-electron chi connectivity index (χ0n) is 10.7. The Morgan fingerprint density at radius 1 is 0.810 bits per heavy atom. The van der Waals surface area contributed by atoms with E-state index >= 15 is 0 Å². The highest BCUT2D eigenvalue weighted by molar-refractivity contribution is 6.38. The van der Waals surface area contributed by atoms with E-state index < -0.39 is 5.82 Å². The second-order valence-corrected chi connectivity index (χ2v) is 5.41. The van der Waals surface area contributed by atoms with E-state index in [0.29, 0.717) is 10.6 Å². The van der Waals surface area contributed by atoms with Crippen molar-refractivity contribution in [1.82, 2.24) is 0 Å². The van der Waals surface area contributed by atoms with Gasteiger partial charge < -0.3 is 0 Å². The first-order chi connectivity index (χ1) is 10.1. The van der Waals surface area contributed by atoms with Crippen LogP contribution in [-0.4, -0.2) is 5.78 Å². The van der Waals surface area contributed by atoms with Crippen molar-refractivity contribution in [2.45, 2.75) is 0 Å². The summed E-state index contributed by atoms with van der Waals surface area (Å²) in [6.07, 6.45) is 0. The summed E-state index contributed by atoms with van der Waals surface area (Å²) in [7, 11) is 0. The van der Waals surface area contributed by atoms with Crippen LogP contribution in [0.2, 0.25) is 10.0 Å². The Morgan fingerprint density at radius 3 is 2.19 bits per heavy atom. The van der Waals surface area contributed by atoms with E-state index in [2.05, 4.69) is 0 Å². The van der Waals surface area contributed by atoms with Crippen molar-refractivity contribution >= 4 is 39.8 Å². The summed E-state index contributed by atoms with van der Waals surface area (Å²) in [5, 5.41) is 2.21. The maximum atomic E-state index is 13.1. The Morgan fingerprint density at radius 2 is 1.48 bits per heavy atom. The lowest BCUT2D eigenvalue weighted by Crippen LogP contribution is -2.03. The topological polar surface area (TPSA) is 17.1 Å². The molecule has 4 heteroatoms. The van der Waals surface area contributed by atoms with E-state index in [1.54, 1.807) is 12.1 Å². The van der Waals surface area contributed by atoms with Gasteiger partial charge in [-0.05, 0) is 35.7 Å². The van der Waals surface area contributed by atoms with E-state index in [-0.39, 0.29) is 16.4 Å². The van der Waals surface area contributed by atoms with Gasteiger partial charge in [0, 0.05) is 21.5 Å². The van der Waals surface area contributed by atoms with Crippen molar-refractivity contribution < 1.29 is 9.18 Å². The lowest BCUT2D eigenvalue weighted by atomic mass is 9.97. The Kier molecular flexibility index (Phi) is 3.66. The average molecular weight is 319 g/mol. The lowest BCUT2D eigenvalue weighted by Gasteiger charge is -2.08. The van der Waals surface area contributed by atoms with Crippen molar-refractivity contribution in [3.8, 4) is 0 Å². The minimum Gasteiger partial charge on any atom is -0.289 e. The van der Waals surface area contributed by atoms with Crippen LogP contribution in [0.5, 0.6) is 0 Å². The third kappa shape index (κ3) is 2.53. The van der Waals surface area contributed by atoms with Gasteiger partial charge in [0.05, 0.1) is 5.02 Å². The minimum atomic E-state index is -0.475. The first-order valence-corrected chi connectivity index (χ1v) is 7.00. The van der Waals surface area contributed by atoms with E-state index in [9.17, 15) is 9.18 Å². The maximum Gasteiger partial charge on any atom is 0.195 e. The molecule has 0 radical (unpaired) electrons. The number of halogens is 3. The van der Waals surface area contributed by atoms with E-state index in [4.69, 9.17) is 23.2 Å². The van der Waals surface area contributed by atoms with Gasteiger partial charge in [-0.2, -0.15) is 0 Å². The molecule has 3 rings (SSSR count). The maximum absolute atomic E-state index is 13.1. The second kappa shape index (κ2) is 5.47. The molecule has 0 N–H and O–H groups in total. The summed E-state index contributed by atoms with van der Waals surface area (Å²) in [5.74, 6) is -0.731. The van der Waals surface area contributed by atoms with Crippen LogP contribution in [0.4, 0.5) is 4.39 Å². The highest BCUT2D eigenvalue weighted by atomic mass is 35.5. The molecule has 0 aliphatic heterocycles. The van der Waals surface area contributed by atoms with Gasteiger partial charge in [-0.25, -0.2) is 4.39 Å². The summed E-state index contributed by atoms with van der Waals surface area (Å²) in [5.41, 5.74) is 0.758. The fourth-order valence-corrected chi connectivity index (χ4v) is 2.76. The largest absolute Gasteiger partial charge is 0.289 e. The summed E-state index contributed by atoms with van der Waals surface area (Å²) in [6.45, 7) is 0. The van der Waals surface area contributed by atoms with Crippen LogP contribution in [-0.2, 0) is 0 Å². The number of ketones is 1. The van der Waals surface area contributed by atoms with Gasteiger partial charge in [0.2, 0.25) is 0 Å². The smallest absolute Gasteiger partial charge is 0.195 e. The van der Waals surface area contributed by atoms with Gasteiger partial charge in [0.15, 0.2) is 5.78 Å². The molecule has 0 aliphatic carbocycles. The Labute approximate surface area is 130 Å². The fourth-order valence-electron chi connectivity index (χ4n) is 2.28. The molecule has 21 heavy (non-hydrogen) atoms. The molecule has 0 saturated heterocycles. The number of carbonyl (C=O) groups excluding carboxylic acids is 1. The molecule has 0 spiro atoms. The quantitative estimate of drug-likeness (QED) is 0.569. The molecule has 0 saturated carbocycles. The normalized spacial score (nSPS) is 10.8. The number of hydrogen-bond donors (Lipinski definition) is 0. The first-order valence-electron chi connectivity index (χ1n) is 6.25. The van der Waals surface area contributed by atoms with Gasteiger partial charge >= 0.3 is 0 Å². The number of carbonyl (C=O) groups is 1. The van der Waals surface area contributed by atoms with E-state index in [0.717, 1.165) is 16.8 Å². The molecule has 1 nitrogen and oxygen atoms in total. The molecule has 3 aromatic carbocycles. The highest BCUT2D eigenvalue weighted by Gasteiger charge is 2.16. The Hall–Kier alpha value is -1.90. The molecule has 0 aromatic heterocycles. The molecule has 0 unspecified atom stereocenters. The number of hydrogen-bond acceptors (Lipinski definition) is 1. The SMILES string of the molecule is O=C(c1ccc(F)cc1Cl)c1ccc(Cl)c2ccccc12. The predicted octanol–water partition coefficient (Wildman–Crippen LogP) is 5.52. The molecule has 0 bridgehead atoms. The van der Waals surface area contributed by atoms with Gasteiger partial charge in [-0.15, -0.1) is 0 Å². The summed E-state index contributed by atoms with van der Waals surface area (Å²) in [6, 6.07) is 14.4. The zero-order valence-corrected chi connectivity index (χ0v) is 12.3. The van der Waals surface area contributed by atoms with Crippen LogP contribution in [0.1, 0.15) is 15.9 Å². The molecule has 0 atom stereocenters. The zero-order chi connectivity index (χ0) is 15.0. The molecule has 0 heterocycles. The van der Waals surface area contributed by atoms with Crippen LogP contribution in [0.25, 0.3) is 10.8 Å². The van der Waals surface area contributed by atoms with Crippen LogP contribution in [0.15, 0.2) is 54.6 Å². The first kappa shape index (κ1) is 14.1. The van der Waals surface area contributed by atoms with Crippen molar-refractivity contribution in [1.29, 1.82) is 0 Å².